The first-order valence-electron chi connectivity index (χ1n) is 11.3. The number of nitrogens with zero attached hydrogens (tertiary/aromatic N) is 2. The minimum absolute atomic E-state index is 0.0305. The van der Waals surface area contributed by atoms with Gasteiger partial charge >= 0.3 is 12.3 Å². The van der Waals surface area contributed by atoms with Crippen molar-refractivity contribution in [1.29, 1.82) is 0 Å². The number of alkyl halides is 3. The Balaban J connectivity index is 1.82. The van der Waals surface area contributed by atoms with Gasteiger partial charge in [-0.15, -0.1) is 0 Å². The van der Waals surface area contributed by atoms with Crippen molar-refractivity contribution in [3.63, 3.8) is 0 Å². The highest BCUT2D eigenvalue weighted by atomic mass is 35.5. The van der Waals surface area contributed by atoms with Crippen molar-refractivity contribution in [3.8, 4) is 11.1 Å². The molecule has 2 amide bonds. The topological polar surface area (TPSA) is 93.2 Å². The van der Waals surface area contributed by atoms with Gasteiger partial charge < -0.3 is 15.4 Å². The smallest absolute Gasteiger partial charge is 0.416 e. The van der Waals surface area contributed by atoms with Crippen LogP contribution < -0.4 is 10.6 Å². The van der Waals surface area contributed by atoms with E-state index >= 15 is 0 Å². The number of alkyl carbamates (subject to hydrolysis) is 1. The molecule has 1 atom stereocenters. The summed E-state index contributed by atoms with van der Waals surface area (Å²) in [5.41, 5.74) is 0.547. The molecule has 0 bridgehead atoms. The average molecular weight is 535 g/mol. The van der Waals surface area contributed by atoms with Gasteiger partial charge in [-0.05, 0) is 62.1 Å². The molecule has 0 fully saturated rings. The summed E-state index contributed by atoms with van der Waals surface area (Å²) in [7, 11) is 0. The molecule has 1 heterocycles. The van der Waals surface area contributed by atoms with Crippen molar-refractivity contribution in [1.82, 2.24) is 20.6 Å². The van der Waals surface area contributed by atoms with Gasteiger partial charge in [0, 0.05) is 6.54 Å². The third-order valence-corrected chi connectivity index (χ3v) is 5.35. The molecule has 0 aliphatic heterocycles. The molecule has 11 heteroatoms. The number of benzene rings is 2. The Kier molecular flexibility index (Phi) is 8.42. The van der Waals surface area contributed by atoms with Crippen LogP contribution in [-0.2, 0) is 17.5 Å². The molecule has 196 valence electrons. The van der Waals surface area contributed by atoms with Crippen LogP contribution in [0, 0.1) is 0 Å². The number of ether oxygens (including phenoxy) is 1. The molecule has 2 aromatic carbocycles. The summed E-state index contributed by atoms with van der Waals surface area (Å²) >= 11 is 5.78. The number of halogens is 4. The SMILES string of the molecule is C[C@@H](NC(=O)c1cncc(Cl)n1)c1ccc(-c2cc(C(F)(F)F)ccc2CNC(=O)OC(C)(C)C)cc1. The second-order valence-electron chi connectivity index (χ2n) is 9.27. The Morgan fingerprint density at radius 2 is 1.73 bits per heavy atom. The maximum absolute atomic E-state index is 13.4. The van der Waals surface area contributed by atoms with E-state index < -0.39 is 35.4 Å². The normalized spacial score (nSPS) is 12.5. The lowest BCUT2D eigenvalue weighted by Crippen LogP contribution is -2.32. The van der Waals surface area contributed by atoms with Gasteiger partial charge in [0.15, 0.2) is 0 Å². The van der Waals surface area contributed by atoms with Crippen molar-refractivity contribution in [3.05, 3.63) is 82.4 Å². The van der Waals surface area contributed by atoms with Crippen LogP contribution in [0.15, 0.2) is 54.9 Å². The summed E-state index contributed by atoms with van der Waals surface area (Å²) < 4.78 is 45.5. The fourth-order valence-corrected chi connectivity index (χ4v) is 3.56. The zero-order valence-electron chi connectivity index (χ0n) is 20.6. The molecule has 7 nitrogen and oxygen atoms in total. The lowest BCUT2D eigenvalue weighted by molar-refractivity contribution is -0.137. The number of aromatic nitrogens is 2. The van der Waals surface area contributed by atoms with E-state index in [0.717, 1.165) is 12.1 Å². The maximum atomic E-state index is 13.4. The zero-order chi connectivity index (χ0) is 27.4. The Hall–Kier alpha value is -3.66. The summed E-state index contributed by atoms with van der Waals surface area (Å²) in [6, 6.07) is 9.64. The van der Waals surface area contributed by atoms with Crippen molar-refractivity contribution >= 4 is 23.6 Å². The van der Waals surface area contributed by atoms with Gasteiger partial charge in [-0.1, -0.05) is 41.9 Å². The van der Waals surface area contributed by atoms with Crippen LogP contribution in [-0.4, -0.2) is 27.6 Å². The fraction of sp³-hybridized carbons (Fsp3) is 0.308. The molecule has 37 heavy (non-hydrogen) atoms. The van der Waals surface area contributed by atoms with Gasteiger partial charge in [-0.2, -0.15) is 13.2 Å². The van der Waals surface area contributed by atoms with Crippen molar-refractivity contribution < 1.29 is 27.5 Å². The number of carbonyl (C=O) groups excluding carboxylic acids is 2. The quantitative estimate of drug-likeness (QED) is 0.385. The second kappa shape index (κ2) is 11.2. The second-order valence-corrected chi connectivity index (χ2v) is 9.66. The predicted molar refractivity (Wildman–Crippen MR) is 133 cm³/mol. The van der Waals surface area contributed by atoms with Crippen LogP contribution in [0.3, 0.4) is 0 Å². The summed E-state index contributed by atoms with van der Waals surface area (Å²) in [4.78, 5) is 32.3. The highest BCUT2D eigenvalue weighted by Gasteiger charge is 2.31. The van der Waals surface area contributed by atoms with E-state index in [9.17, 15) is 22.8 Å². The van der Waals surface area contributed by atoms with E-state index in [-0.39, 0.29) is 17.4 Å². The molecule has 1 aromatic heterocycles. The van der Waals surface area contributed by atoms with Gasteiger partial charge in [0.2, 0.25) is 0 Å². The largest absolute Gasteiger partial charge is 0.444 e. The van der Waals surface area contributed by atoms with E-state index in [4.69, 9.17) is 16.3 Å². The number of carbonyl (C=O) groups is 2. The highest BCUT2D eigenvalue weighted by Crippen LogP contribution is 2.34. The molecular formula is C26H26ClF3N4O3. The molecule has 0 aliphatic rings. The number of nitrogens with one attached hydrogen (secondary N) is 2. The third kappa shape index (κ3) is 7.91. The number of hydrogen-bond donors (Lipinski definition) is 2. The van der Waals surface area contributed by atoms with Gasteiger partial charge in [0.25, 0.3) is 5.91 Å². The zero-order valence-corrected chi connectivity index (χ0v) is 21.4. The Morgan fingerprint density at radius 3 is 2.32 bits per heavy atom. The molecule has 3 aromatic rings. The van der Waals surface area contributed by atoms with Gasteiger partial charge in [-0.3, -0.25) is 9.78 Å². The van der Waals surface area contributed by atoms with E-state index in [1.807, 2.05) is 0 Å². The summed E-state index contributed by atoms with van der Waals surface area (Å²) in [5, 5.41) is 5.45. The van der Waals surface area contributed by atoms with Crippen LogP contribution in [0.25, 0.3) is 11.1 Å². The minimum atomic E-state index is -4.53. The monoisotopic (exact) mass is 534 g/mol. The van der Waals surface area contributed by atoms with E-state index in [2.05, 4.69) is 20.6 Å². The molecule has 0 aliphatic carbocycles. The molecule has 0 saturated carbocycles. The van der Waals surface area contributed by atoms with Gasteiger partial charge in [0.05, 0.1) is 24.0 Å². The molecule has 0 saturated heterocycles. The van der Waals surface area contributed by atoms with Crippen LogP contribution in [0.1, 0.15) is 60.9 Å². The summed E-state index contributed by atoms with van der Waals surface area (Å²) in [5.74, 6) is -0.472. The van der Waals surface area contributed by atoms with Gasteiger partial charge in [-0.25, -0.2) is 9.78 Å². The lowest BCUT2D eigenvalue weighted by Gasteiger charge is -2.20. The fourth-order valence-electron chi connectivity index (χ4n) is 3.41. The Morgan fingerprint density at radius 1 is 1.05 bits per heavy atom. The Labute approximate surface area is 217 Å². The number of rotatable bonds is 6. The predicted octanol–water partition coefficient (Wildman–Crippen LogP) is 6.33. The average Bonchev–Trinajstić information content (AvgIpc) is 2.81. The maximum Gasteiger partial charge on any atom is 0.416 e. The van der Waals surface area contributed by atoms with Crippen LogP contribution >= 0.6 is 11.6 Å². The van der Waals surface area contributed by atoms with E-state index in [1.165, 1.54) is 18.5 Å². The van der Waals surface area contributed by atoms with Crippen LogP contribution in [0.4, 0.5) is 18.0 Å². The first-order valence-corrected chi connectivity index (χ1v) is 11.7. The van der Waals surface area contributed by atoms with Crippen molar-refractivity contribution in [2.45, 2.75) is 52.1 Å². The highest BCUT2D eigenvalue weighted by molar-refractivity contribution is 6.29. The minimum Gasteiger partial charge on any atom is -0.444 e. The van der Waals surface area contributed by atoms with Crippen LogP contribution in [0.2, 0.25) is 5.15 Å². The molecule has 3 rings (SSSR count). The number of amides is 2. The molecule has 2 N–H and O–H groups in total. The third-order valence-electron chi connectivity index (χ3n) is 5.17. The van der Waals surface area contributed by atoms with Crippen molar-refractivity contribution in [2.75, 3.05) is 0 Å². The molecule has 0 spiro atoms. The molecular weight excluding hydrogens is 509 g/mol. The molecule has 0 unspecified atom stereocenters. The van der Waals surface area contributed by atoms with E-state index in [0.29, 0.717) is 22.3 Å². The summed E-state index contributed by atoms with van der Waals surface area (Å²) in [6.07, 6.45) is -2.61. The molecule has 0 radical (unpaired) electrons. The first kappa shape index (κ1) is 27.9. The van der Waals surface area contributed by atoms with Crippen LogP contribution in [0.5, 0.6) is 0 Å². The first-order chi connectivity index (χ1) is 17.2. The van der Waals surface area contributed by atoms with E-state index in [1.54, 1.807) is 52.0 Å². The Bertz CT molecular complexity index is 1280. The van der Waals surface area contributed by atoms with Gasteiger partial charge in [0.1, 0.15) is 16.4 Å². The number of hydrogen-bond acceptors (Lipinski definition) is 5. The van der Waals surface area contributed by atoms with Crippen molar-refractivity contribution in [2.24, 2.45) is 0 Å². The standard InChI is InChI=1S/C26H26ClF3N4O3/c1-15(33-23(35)21-13-31-14-22(27)34-21)16-5-7-17(8-6-16)20-11-19(26(28,29)30)10-9-18(20)12-32-24(36)37-25(2,3)4/h5-11,13-15H,12H2,1-4H3,(H,32,36)(H,33,35)/t15-/m1/s1. The lowest BCUT2D eigenvalue weighted by atomic mass is 9.95. The summed E-state index contributed by atoms with van der Waals surface area (Å²) in [6.45, 7) is 6.86.